The first-order valence-electron chi connectivity index (χ1n) is 8.18. The highest BCUT2D eigenvalue weighted by molar-refractivity contribution is 5.66. The molecule has 3 unspecified atom stereocenters. The van der Waals surface area contributed by atoms with Gasteiger partial charge in [0.1, 0.15) is 0 Å². The Morgan fingerprint density at radius 3 is 2.68 bits per heavy atom. The van der Waals surface area contributed by atoms with Crippen molar-refractivity contribution in [2.45, 2.75) is 63.8 Å². The van der Waals surface area contributed by atoms with Gasteiger partial charge in [0.15, 0.2) is 0 Å². The lowest BCUT2D eigenvalue weighted by Gasteiger charge is -2.35. The third-order valence-corrected chi connectivity index (χ3v) is 5.58. The van der Waals surface area contributed by atoms with Gasteiger partial charge >= 0.3 is 5.97 Å². The monoisotopic (exact) mass is 265 g/mol. The molecule has 0 aromatic rings. The Morgan fingerprint density at radius 1 is 1.11 bits per heavy atom. The van der Waals surface area contributed by atoms with E-state index in [4.69, 9.17) is 5.11 Å². The highest BCUT2D eigenvalue weighted by atomic mass is 16.4. The maximum absolute atomic E-state index is 10.7. The average molecular weight is 265 g/mol. The molecule has 3 atom stereocenters. The van der Waals surface area contributed by atoms with E-state index in [2.05, 4.69) is 4.90 Å². The SMILES string of the molecule is O=C(O)CCC1CCN(C2CCCC(C3CC3)C2)C1. The summed E-state index contributed by atoms with van der Waals surface area (Å²) in [6.07, 6.45) is 11.1. The summed E-state index contributed by atoms with van der Waals surface area (Å²) in [5.41, 5.74) is 0. The quantitative estimate of drug-likeness (QED) is 0.830. The molecule has 0 amide bonds. The Labute approximate surface area is 116 Å². The number of hydrogen-bond donors (Lipinski definition) is 1. The van der Waals surface area contributed by atoms with Gasteiger partial charge in [-0.1, -0.05) is 12.8 Å². The Bertz CT molecular complexity index is 327. The summed E-state index contributed by atoms with van der Waals surface area (Å²) in [5.74, 6) is 2.08. The Kier molecular flexibility index (Phi) is 4.11. The Balaban J connectivity index is 1.45. The van der Waals surface area contributed by atoms with E-state index in [9.17, 15) is 4.79 Å². The molecule has 3 nitrogen and oxygen atoms in total. The van der Waals surface area contributed by atoms with Crippen LogP contribution in [0.5, 0.6) is 0 Å². The van der Waals surface area contributed by atoms with E-state index in [0.29, 0.717) is 12.3 Å². The van der Waals surface area contributed by atoms with Crippen molar-refractivity contribution in [1.82, 2.24) is 4.90 Å². The number of carboxylic acid groups (broad SMARTS) is 1. The minimum Gasteiger partial charge on any atom is -0.481 e. The number of aliphatic carboxylic acids is 1. The largest absolute Gasteiger partial charge is 0.481 e. The molecule has 108 valence electrons. The Morgan fingerprint density at radius 2 is 1.95 bits per heavy atom. The first kappa shape index (κ1) is 13.4. The van der Waals surface area contributed by atoms with Crippen LogP contribution in [0.15, 0.2) is 0 Å². The van der Waals surface area contributed by atoms with E-state index >= 15 is 0 Å². The second-order valence-electron chi connectivity index (χ2n) is 7.00. The third kappa shape index (κ3) is 3.50. The summed E-state index contributed by atoms with van der Waals surface area (Å²) in [7, 11) is 0. The molecule has 1 N–H and O–H groups in total. The fraction of sp³-hybridized carbons (Fsp3) is 0.938. The van der Waals surface area contributed by atoms with Crippen LogP contribution in [0.3, 0.4) is 0 Å². The maximum atomic E-state index is 10.7. The summed E-state index contributed by atoms with van der Waals surface area (Å²) < 4.78 is 0. The lowest BCUT2D eigenvalue weighted by molar-refractivity contribution is -0.137. The van der Waals surface area contributed by atoms with Crippen molar-refractivity contribution in [3.05, 3.63) is 0 Å². The van der Waals surface area contributed by atoms with Gasteiger partial charge in [0, 0.05) is 19.0 Å². The van der Waals surface area contributed by atoms with E-state index in [0.717, 1.165) is 30.8 Å². The molecule has 3 heteroatoms. The number of rotatable bonds is 5. The molecule has 19 heavy (non-hydrogen) atoms. The zero-order chi connectivity index (χ0) is 13.2. The topological polar surface area (TPSA) is 40.5 Å². The van der Waals surface area contributed by atoms with Gasteiger partial charge in [-0.05, 0) is 62.8 Å². The zero-order valence-electron chi connectivity index (χ0n) is 11.9. The Hall–Kier alpha value is -0.570. The number of carboxylic acids is 1. The van der Waals surface area contributed by atoms with E-state index in [-0.39, 0.29) is 0 Å². The molecule has 1 saturated heterocycles. The van der Waals surface area contributed by atoms with Gasteiger partial charge in [-0.25, -0.2) is 0 Å². The van der Waals surface area contributed by atoms with Crippen LogP contribution >= 0.6 is 0 Å². The van der Waals surface area contributed by atoms with Crippen LogP contribution in [0.1, 0.15) is 57.8 Å². The highest BCUT2D eigenvalue weighted by Crippen LogP contribution is 2.45. The second kappa shape index (κ2) is 5.82. The predicted octanol–water partition coefficient (Wildman–Crippen LogP) is 3.14. The third-order valence-electron chi connectivity index (χ3n) is 5.58. The first-order valence-corrected chi connectivity index (χ1v) is 8.18. The molecular formula is C16H27NO2. The highest BCUT2D eigenvalue weighted by Gasteiger charge is 2.37. The average Bonchev–Trinajstić information content (AvgIpc) is 3.15. The number of carbonyl (C=O) groups is 1. The van der Waals surface area contributed by atoms with Crippen molar-refractivity contribution in [3.8, 4) is 0 Å². The van der Waals surface area contributed by atoms with Gasteiger partial charge in [0.2, 0.25) is 0 Å². The van der Waals surface area contributed by atoms with E-state index in [1.54, 1.807) is 0 Å². The van der Waals surface area contributed by atoms with E-state index in [1.807, 2.05) is 0 Å². The molecule has 1 aliphatic heterocycles. The van der Waals surface area contributed by atoms with Crippen LogP contribution in [-0.2, 0) is 4.79 Å². The molecule has 0 aromatic carbocycles. The molecule has 2 saturated carbocycles. The second-order valence-corrected chi connectivity index (χ2v) is 7.00. The van der Waals surface area contributed by atoms with Crippen molar-refractivity contribution in [1.29, 1.82) is 0 Å². The van der Waals surface area contributed by atoms with Crippen LogP contribution in [0.25, 0.3) is 0 Å². The minimum absolute atomic E-state index is 0.355. The summed E-state index contributed by atoms with van der Waals surface area (Å²) in [4.78, 5) is 13.3. The van der Waals surface area contributed by atoms with Crippen LogP contribution in [0.2, 0.25) is 0 Å². The smallest absolute Gasteiger partial charge is 0.303 e. The summed E-state index contributed by atoms with van der Waals surface area (Å²) >= 11 is 0. The molecule has 1 heterocycles. The van der Waals surface area contributed by atoms with Gasteiger partial charge < -0.3 is 10.0 Å². The maximum Gasteiger partial charge on any atom is 0.303 e. The summed E-state index contributed by atoms with van der Waals surface area (Å²) in [6.45, 7) is 2.38. The minimum atomic E-state index is -0.634. The predicted molar refractivity (Wildman–Crippen MR) is 75.0 cm³/mol. The van der Waals surface area contributed by atoms with Gasteiger partial charge in [-0.15, -0.1) is 0 Å². The van der Waals surface area contributed by atoms with Crippen molar-refractivity contribution in [2.24, 2.45) is 17.8 Å². The molecular weight excluding hydrogens is 238 g/mol. The van der Waals surface area contributed by atoms with Gasteiger partial charge in [0.25, 0.3) is 0 Å². The van der Waals surface area contributed by atoms with Crippen molar-refractivity contribution in [2.75, 3.05) is 13.1 Å². The van der Waals surface area contributed by atoms with Crippen LogP contribution in [-0.4, -0.2) is 35.1 Å². The number of hydrogen-bond acceptors (Lipinski definition) is 2. The fourth-order valence-corrected chi connectivity index (χ4v) is 4.29. The van der Waals surface area contributed by atoms with Crippen LogP contribution in [0, 0.1) is 17.8 Å². The number of nitrogens with zero attached hydrogens (tertiary/aromatic N) is 1. The van der Waals surface area contributed by atoms with Crippen LogP contribution < -0.4 is 0 Å². The van der Waals surface area contributed by atoms with Gasteiger partial charge in [-0.3, -0.25) is 4.79 Å². The van der Waals surface area contributed by atoms with Crippen molar-refractivity contribution in [3.63, 3.8) is 0 Å². The van der Waals surface area contributed by atoms with E-state index < -0.39 is 5.97 Å². The number of likely N-dealkylation sites (tertiary alicyclic amines) is 1. The van der Waals surface area contributed by atoms with Gasteiger partial charge in [-0.2, -0.15) is 0 Å². The van der Waals surface area contributed by atoms with Gasteiger partial charge in [0.05, 0.1) is 0 Å². The zero-order valence-corrected chi connectivity index (χ0v) is 11.9. The lowest BCUT2D eigenvalue weighted by atomic mass is 9.82. The normalized spacial score (nSPS) is 36.5. The molecule has 3 aliphatic rings. The fourth-order valence-electron chi connectivity index (χ4n) is 4.29. The molecule has 0 aromatic heterocycles. The molecule has 0 spiro atoms. The summed E-state index contributed by atoms with van der Waals surface area (Å²) in [6, 6.07) is 0.814. The molecule has 2 aliphatic carbocycles. The van der Waals surface area contributed by atoms with E-state index in [1.165, 1.54) is 51.5 Å². The van der Waals surface area contributed by atoms with Crippen molar-refractivity contribution < 1.29 is 9.90 Å². The van der Waals surface area contributed by atoms with Crippen molar-refractivity contribution >= 4 is 5.97 Å². The standard InChI is InChI=1S/C16H27NO2/c18-16(19)7-4-12-8-9-17(11-12)15-3-1-2-14(10-15)13-5-6-13/h12-15H,1-11H2,(H,18,19). The molecule has 0 radical (unpaired) electrons. The lowest BCUT2D eigenvalue weighted by Crippen LogP contribution is -2.37. The summed E-state index contributed by atoms with van der Waals surface area (Å²) in [5, 5.41) is 8.78. The van der Waals surface area contributed by atoms with Crippen LogP contribution in [0.4, 0.5) is 0 Å². The molecule has 3 rings (SSSR count). The molecule has 3 fully saturated rings. The first-order chi connectivity index (χ1) is 9.22. The molecule has 0 bridgehead atoms.